The highest BCUT2D eigenvalue weighted by molar-refractivity contribution is 5.83. The molecule has 8 nitrogen and oxygen atoms in total. The van der Waals surface area contributed by atoms with Gasteiger partial charge in [-0.25, -0.2) is 0 Å². The van der Waals surface area contributed by atoms with Gasteiger partial charge in [-0.3, -0.25) is 14.7 Å². The topological polar surface area (TPSA) is 109 Å². The fraction of sp³-hybridized carbons (Fsp3) is 0.385. The van der Waals surface area contributed by atoms with E-state index in [9.17, 15) is 15.0 Å². The molecule has 3 heterocycles. The molecule has 176 valence electrons. The van der Waals surface area contributed by atoms with Crippen molar-refractivity contribution in [3.63, 3.8) is 0 Å². The van der Waals surface area contributed by atoms with Crippen LogP contribution in [-0.4, -0.2) is 63.0 Å². The SMILES string of the molecule is COc1ccc2nccc([C@H](O)CC[C@@H]3CCN(CC#Cc4ccnnc4)C[C@@H]3C(=O)O)c2c1. The normalized spacial score (nSPS) is 19.2. The minimum absolute atomic E-state index is 0.00314. The summed E-state index contributed by atoms with van der Waals surface area (Å²) in [5.41, 5.74) is 2.36. The van der Waals surface area contributed by atoms with Crippen LogP contribution in [0.2, 0.25) is 0 Å². The van der Waals surface area contributed by atoms with Crippen LogP contribution in [0.1, 0.15) is 36.5 Å². The van der Waals surface area contributed by atoms with E-state index in [0.29, 0.717) is 31.7 Å². The lowest BCUT2D eigenvalue weighted by Gasteiger charge is -2.36. The number of piperidine rings is 1. The molecule has 0 bridgehead atoms. The number of benzene rings is 1. The lowest BCUT2D eigenvalue weighted by molar-refractivity contribution is -0.146. The van der Waals surface area contributed by atoms with Gasteiger partial charge in [0, 0.05) is 23.7 Å². The van der Waals surface area contributed by atoms with E-state index >= 15 is 0 Å². The molecule has 1 aromatic carbocycles. The summed E-state index contributed by atoms with van der Waals surface area (Å²) in [6.45, 7) is 1.74. The largest absolute Gasteiger partial charge is 0.497 e. The number of likely N-dealkylation sites (tertiary alicyclic amines) is 1. The van der Waals surface area contributed by atoms with E-state index in [1.807, 2.05) is 24.3 Å². The van der Waals surface area contributed by atoms with Crippen molar-refractivity contribution in [1.82, 2.24) is 20.1 Å². The summed E-state index contributed by atoms with van der Waals surface area (Å²) in [4.78, 5) is 18.5. The number of pyridine rings is 1. The Balaban J connectivity index is 1.38. The van der Waals surface area contributed by atoms with Gasteiger partial charge in [0.1, 0.15) is 5.75 Å². The van der Waals surface area contributed by atoms with Crippen LogP contribution in [0.15, 0.2) is 48.9 Å². The van der Waals surface area contributed by atoms with Crippen LogP contribution in [0.25, 0.3) is 10.9 Å². The molecule has 2 N–H and O–H groups in total. The Morgan fingerprint density at radius 3 is 2.91 bits per heavy atom. The fourth-order valence-corrected chi connectivity index (χ4v) is 4.55. The predicted octanol–water partition coefficient (Wildman–Crippen LogP) is 2.92. The number of ether oxygens (including phenoxy) is 1. The molecule has 0 spiro atoms. The van der Waals surface area contributed by atoms with E-state index < -0.39 is 18.0 Å². The van der Waals surface area contributed by atoms with Crippen molar-refractivity contribution in [2.24, 2.45) is 11.8 Å². The molecule has 0 amide bonds. The van der Waals surface area contributed by atoms with Gasteiger partial charge in [0.05, 0.1) is 43.6 Å². The fourth-order valence-electron chi connectivity index (χ4n) is 4.55. The third-order valence-corrected chi connectivity index (χ3v) is 6.43. The van der Waals surface area contributed by atoms with Crippen molar-refractivity contribution < 1.29 is 19.7 Å². The van der Waals surface area contributed by atoms with Crippen LogP contribution >= 0.6 is 0 Å². The maximum Gasteiger partial charge on any atom is 0.308 e. The molecule has 8 heteroatoms. The second-order valence-corrected chi connectivity index (χ2v) is 8.54. The molecule has 0 saturated carbocycles. The van der Waals surface area contributed by atoms with Gasteiger partial charge in [0.15, 0.2) is 0 Å². The molecule has 0 radical (unpaired) electrons. The highest BCUT2D eigenvalue weighted by Crippen LogP contribution is 2.33. The number of hydrogen-bond acceptors (Lipinski definition) is 7. The average molecular weight is 461 g/mol. The summed E-state index contributed by atoms with van der Waals surface area (Å²) in [6, 6.07) is 9.20. The van der Waals surface area contributed by atoms with Crippen molar-refractivity contribution >= 4 is 16.9 Å². The van der Waals surface area contributed by atoms with E-state index in [2.05, 4.69) is 31.9 Å². The Morgan fingerprint density at radius 2 is 2.15 bits per heavy atom. The zero-order valence-corrected chi connectivity index (χ0v) is 19.1. The Morgan fingerprint density at radius 1 is 1.26 bits per heavy atom. The third kappa shape index (κ3) is 5.68. The van der Waals surface area contributed by atoms with Gasteiger partial charge in [-0.15, -0.1) is 0 Å². The quantitative estimate of drug-likeness (QED) is 0.518. The zero-order valence-electron chi connectivity index (χ0n) is 19.1. The summed E-state index contributed by atoms with van der Waals surface area (Å²) in [6.07, 6.45) is 6.06. The van der Waals surface area contributed by atoms with Crippen LogP contribution < -0.4 is 4.74 Å². The van der Waals surface area contributed by atoms with E-state index in [4.69, 9.17) is 4.74 Å². The first-order valence-corrected chi connectivity index (χ1v) is 11.4. The van der Waals surface area contributed by atoms with Crippen LogP contribution in [0.3, 0.4) is 0 Å². The first-order chi connectivity index (χ1) is 16.5. The summed E-state index contributed by atoms with van der Waals surface area (Å²) >= 11 is 0. The van der Waals surface area contributed by atoms with E-state index in [1.165, 1.54) is 0 Å². The number of aliphatic hydroxyl groups is 1. The lowest BCUT2D eigenvalue weighted by atomic mass is 9.81. The molecule has 1 fully saturated rings. The summed E-state index contributed by atoms with van der Waals surface area (Å²) in [5, 5.41) is 29.2. The summed E-state index contributed by atoms with van der Waals surface area (Å²) in [7, 11) is 1.61. The van der Waals surface area contributed by atoms with Crippen molar-refractivity contribution in [2.45, 2.75) is 25.4 Å². The van der Waals surface area contributed by atoms with Gasteiger partial charge in [0.25, 0.3) is 0 Å². The minimum atomic E-state index is -0.797. The number of aliphatic hydroxyl groups excluding tert-OH is 1. The van der Waals surface area contributed by atoms with Crippen LogP contribution in [0.5, 0.6) is 5.75 Å². The molecule has 0 aliphatic carbocycles. The number of aromatic nitrogens is 3. The molecule has 4 rings (SSSR count). The van der Waals surface area contributed by atoms with E-state index in [0.717, 1.165) is 35.0 Å². The number of rotatable bonds is 7. The number of fused-ring (bicyclic) bond motifs is 1. The van der Waals surface area contributed by atoms with Gasteiger partial charge < -0.3 is 14.9 Å². The molecular weight excluding hydrogens is 432 g/mol. The number of aliphatic carboxylic acids is 1. The summed E-state index contributed by atoms with van der Waals surface area (Å²) in [5.74, 6) is 5.57. The number of nitrogens with zero attached hydrogens (tertiary/aromatic N) is 4. The van der Waals surface area contributed by atoms with Crippen LogP contribution in [0.4, 0.5) is 0 Å². The van der Waals surface area contributed by atoms with Gasteiger partial charge in [0.2, 0.25) is 0 Å². The zero-order chi connectivity index (χ0) is 23.9. The Kier molecular flexibility index (Phi) is 7.68. The van der Waals surface area contributed by atoms with Crippen LogP contribution in [0, 0.1) is 23.7 Å². The second-order valence-electron chi connectivity index (χ2n) is 8.54. The number of carboxylic acids is 1. The Hall–Kier alpha value is -3.54. The molecule has 3 atom stereocenters. The third-order valence-electron chi connectivity index (χ3n) is 6.43. The highest BCUT2D eigenvalue weighted by atomic mass is 16.5. The van der Waals surface area contributed by atoms with Gasteiger partial charge in [-0.2, -0.15) is 10.2 Å². The highest BCUT2D eigenvalue weighted by Gasteiger charge is 2.34. The van der Waals surface area contributed by atoms with E-state index in [1.54, 1.807) is 31.8 Å². The molecule has 1 aliphatic rings. The number of hydrogen-bond donors (Lipinski definition) is 2. The maximum absolute atomic E-state index is 12.0. The first-order valence-electron chi connectivity index (χ1n) is 11.4. The molecule has 1 aliphatic heterocycles. The van der Waals surface area contributed by atoms with Crippen molar-refractivity contribution in [2.75, 3.05) is 26.7 Å². The first kappa shape index (κ1) is 23.6. The van der Waals surface area contributed by atoms with Crippen LogP contribution in [-0.2, 0) is 4.79 Å². The number of carbonyl (C=O) groups is 1. The Labute approximate surface area is 198 Å². The van der Waals surface area contributed by atoms with Crippen molar-refractivity contribution in [3.8, 4) is 17.6 Å². The van der Waals surface area contributed by atoms with E-state index in [-0.39, 0.29) is 5.92 Å². The average Bonchev–Trinajstić information content (AvgIpc) is 2.87. The molecule has 1 saturated heterocycles. The molecule has 3 aromatic rings. The van der Waals surface area contributed by atoms with Gasteiger partial charge >= 0.3 is 5.97 Å². The molecule has 2 aromatic heterocycles. The monoisotopic (exact) mass is 460 g/mol. The van der Waals surface area contributed by atoms with Crippen molar-refractivity contribution in [3.05, 3.63) is 60.0 Å². The summed E-state index contributed by atoms with van der Waals surface area (Å²) < 4.78 is 5.32. The second kappa shape index (κ2) is 11.1. The Bertz CT molecular complexity index is 1190. The molecule has 34 heavy (non-hydrogen) atoms. The van der Waals surface area contributed by atoms with Gasteiger partial charge in [-0.1, -0.05) is 11.8 Å². The number of carboxylic acid groups (broad SMARTS) is 1. The smallest absolute Gasteiger partial charge is 0.308 e. The standard InChI is InChI=1S/C26H28N4O4/c1-34-20-5-6-24-22(15-20)21(9-11-27-24)25(31)7-4-19-10-14-30(17-23(19)26(32)33)13-2-3-18-8-12-28-29-16-18/h5-6,8-9,11-12,15-16,19,23,25,31H,4,7,10,13-14,17H2,1H3,(H,32,33)/t19-,23+,25-/m1/s1. The van der Waals surface area contributed by atoms with Gasteiger partial charge in [-0.05, 0) is 67.6 Å². The maximum atomic E-state index is 12.0. The number of methoxy groups -OCH3 is 1. The van der Waals surface area contributed by atoms with Crippen molar-refractivity contribution in [1.29, 1.82) is 0 Å². The molecular formula is C26H28N4O4. The minimum Gasteiger partial charge on any atom is -0.497 e. The molecule has 0 unspecified atom stereocenters. The predicted molar refractivity (Wildman–Crippen MR) is 127 cm³/mol. The lowest BCUT2D eigenvalue weighted by Crippen LogP contribution is -2.44.